The summed E-state index contributed by atoms with van der Waals surface area (Å²) in [5, 5.41) is 9.21. The van der Waals surface area contributed by atoms with Crippen LogP contribution < -0.4 is 5.32 Å². The second kappa shape index (κ2) is 9.40. The van der Waals surface area contributed by atoms with Gasteiger partial charge in [0.2, 0.25) is 0 Å². The van der Waals surface area contributed by atoms with Gasteiger partial charge in [0.1, 0.15) is 9.71 Å². The van der Waals surface area contributed by atoms with Crippen molar-refractivity contribution in [2.75, 3.05) is 6.61 Å². The number of fused-ring (bicyclic) bond motifs is 1. The molecule has 1 amide bonds. The Hall–Kier alpha value is -2.38. The number of carbonyl (C=O) groups excluding carboxylic acids is 2. The lowest BCUT2D eigenvalue weighted by atomic mass is 9.86. The van der Waals surface area contributed by atoms with Gasteiger partial charge in [0, 0.05) is 16.5 Å². The van der Waals surface area contributed by atoms with Gasteiger partial charge in [-0.15, -0.1) is 11.3 Å². The standard InChI is InChI=1S/C23H26ClN3O3S/c1-14-5-3-4-6-19(14)25-21(28)13-30-23(29)20-11-18-15(2)26-27(22(18)31-20)12-16-7-9-17(24)10-8-16/h7-11,14,19H,3-6,12-13H2,1-2H3,(H,25,28)/t14-,19-/m1/s1. The van der Waals surface area contributed by atoms with Crippen LogP contribution in [0.5, 0.6) is 0 Å². The fourth-order valence-corrected chi connectivity index (χ4v) is 5.25. The minimum atomic E-state index is -0.481. The second-order valence-electron chi connectivity index (χ2n) is 8.21. The highest BCUT2D eigenvalue weighted by atomic mass is 35.5. The topological polar surface area (TPSA) is 73.2 Å². The molecule has 6 nitrogen and oxygen atoms in total. The molecule has 2 heterocycles. The first-order valence-electron chi connectivity index (χ1n) is 10.6. The quantitative estimate of drug-likeness (QED) is 0.529. The maximum absolute atomic E-state index is 12.6. The van der Waals surface area contributed by atoms with E-state index in [-0.39, 0.29) is 18.6 Å². The van der Waals surface area contributed by atoms with Crippen molar-refractivity contribution in [3.05, 3.63) is 51.5 Å². The Labute approximate surface area is 190 Å². The van der Waals surface area contributed by atoms with E-state index in [1.54, 1.807) is 6.07 Å². The summed E-state index contributed by atoms with van der Waals surface area (Å²) in [4.78, 5) is 26.2. The number of amides is 1. The first-order valence-corrected chi connectivity index (χ1v) is 11.8. The number of esters is 1. The Morgan fingerprint density at radius 1 is 1.26 bits per heavy atom. The number of rotatable bonds is 6. The summed E-state index contributed by atoms with van der Waals surface area (Å²) < 4.78 is 7.17. The number of aromatic nitrogens is 2. The lowest BCUT2D eigenvalue weighted by Crippen LogP contribution is -2.42. The van der Waals surface area contributed by atoms with E-state index in [1.165, 1.54) is 17.8 Å². The molecule has 0 aliphatic heterocycles. The molecule has 1 aliphatic carbocycles. The molecule has 1 aromatic carbocycles. The summed E-state index contributed by atoms with van der Waals surface area (Å²) in [7, 11) is 0. The summed E-state index contributed by atoms with van der Waals surface area (Å²) >= 11 is 7.30. The van der Waals surface area contributed by atoms with E-state index < -0.39 is 5.97 Å². The summed E-state index contributed by atoms with van der Waals surface area (Å²) in [6.07, 6.45) is 4.45. The van der Waals surface area contributed by atoms with Crippen molar-refractivity contribution in [3.8, 4) is 0 Å². The van der Waals surface area contributed by atoms with Crippen molar-refractivity contribution < 1.29 is 14.3 Å². The van der Waals surface area contributed by atoms with Crippen molar-refractivity contribution >= 4 is 45.0 Å². The molecule has 2 aromatic heterocycles. The SMILES string of the molecule is Cc1nn(Cc2ccc(Cl)cc2)c2sc(C(=O)OCC(=O)N[C@@H]3CCCC[C@H]3C)cc12. The van der Waals surface area contributed by atoms with Crippen LogP contribution in [0.4, 0.5) is 0 Å². The van der Waals surface area contributed by atoms with Gasteiger partial charge in [-0.2, -0.15) is 5.10 Å². The van der Waals surface area contributed by atoms with Gasteiger partial charge in [-0.25, -0.2) is 4.79 Å². The van der Waals surface area contributed by atoms with Gasteiger partial charge < -0.3 is 10.1 Å². The van der Waals surface area contributed by atoms with Crippen molar-refractivity contribution in [3.63, 3.8) is 0 Å². The largest absolute Gasteiger partial charge is 0.451 e. The molecule has 31 heavy (non-hydrogen) atoms. The van der Waals surface area contributed by atoms with Crippen LogP contribution in [0.2, 0.25) is 5.02 Å². The van der Waals surface area contributed by atoms with Crippen molar-refractivity contribution in [1.29, 1.82) is 0 Å². The van der Waals surface area contributed by atoms with Crippen molar-refractivity contribution in [2.24, 2.45) is 5.92 Å². The fraction of sp³-hybridized carbons (Fsp3) is 0.435. The molecule has 0 unspecified atom stereocenters. The second-order valence-corrected chi connectivity index (χ2v) is 9.68. The van der Waals surface area contributed by atoms with Crippen molar-refractivity contribution in [1.82, 2.24) is 15.1 Å². The normalized spacial score (nSPS) is 18.8. The fourth-order valence-electron chi connectivity index (χ4n) is 4.06. The van der Waals surface area contributed by atoms with Gasteiger partial charge in [-0.1, -0.05) is 43.5 Å². The average molecular weight is 460 g/mol. The van der Waals surface area contributed by atoms with Crippen LogP contribution >= 0.6 is 22.9 Å². The number of aryl methyl sites for hydroxylation is 1. The molecular formula is C23H26ClN3O3S. The highest BCUT2D eigenvalue weighted by Crippen LogP contribution is 2.29. The van der Waals surface area contributed by atoms with E-state index in [0.29, 0.717) is 22.4 Å². The van der Waals surface area contributed by atoms with E-state index in [1.807, 2.05) is 35.9 Å². The van der Waals surface area contributed by atoms with Gasteiger partial charge in [-0.3, -0.25) is 9.48 Å². The highest BCUT2D eigenvalue weighted by Gasteiger charge is 2.24. The van der Waals surface area contributed by atoms with Crippen LogP contribution in [0.3, 0.4) is 0 Å². The third-order valence-electron chi connectivity index (χ3n) is 5.85. The Bertz CT molecular complexity index is 1090. The van der Waals surface area contributed by atoms with Gasteiger partial charge in [0.15, 0.2) is 6.61 Å². The maximum atomic E-state index is 12.6. The van der Waals surface area contributed by atoms with E-state index in [9.17, 15) is 9.59 Å². The highest BCUT2D eigenvalue weighted by molar-refractivity contribution is 7.20. The number of benzene rings is 1. The summed E-state index contributed by atoms with van der Waals surface area (Å²) in [5.41, 5.74) is 1.92. The predicted octanol–water partition coefficient (Wildman–Crippen LogP) is 4.96. The molecular weight excluding hydrogens is 434 g/mol. The molecule has 8 heteroatoms. The van der Waals surface area contributed by atoms with Gasteiger partial charge >= 0.3 is 5.97 Å². The van der Waals surface area contributed by atoms with E-state index >= 15 is 0 Å². The first kappa shape index (κ1) is 21.8. The molecule has 0 spiro atoms. The average Bonchev–Trinajstić information content (AvgIpc) is 3.31. The van der Waals surface area contributed by atoms with E-state index in [0.717, 1.165) is 40.7 Å². The van der Waals surface area contributed by atoms with E-state index in [4.69, 9.17) is 16.3 Å². The summed E-state index contributed by atoms with van der Waals surface area (Å²) in [6, 6.07) is 9.58. The smallest absolute Gasteiger partial charge is 0.348 e. The molecule has 0 radical (unpaired) electrons. The number of ether oxygens (including phenoxy) is 1. The number of hydrogen-bond acceptors (Lipinski definition) is 5. The lowest BCUT2D eigenvalue weighted by Gasteiger charge is -2.29. The monoisotopic (exact) mass is 459 g/mol. The van der Waals surface area contributed by atoms with Gasteiger partial charge in [0.05, 0.1) is 12.2 Å². The van der Waals surface area contributed by atoms with Crippen LogP contribution in [-0.2, 0) is 16.1 Å². The Morgan fingerprint density at radius 3 is 2.74 bits per heavy atom. The van der Waals surface area contributed by atoms with Crippen LogP contribution in [-0.4, -0.2) is 34.3 Å². The van der Waals surface area contributed by atoms with Crippen LogP contribution in [0.15, 0.2) is 30.3 Å². The van der Waals surface area contributed by atoms with Crippen molar-refractivity contribution in [2.45, 2.75) is 52.1 Å². The number of halogens is 1. The molecule has 1 aliphatic rings. The zero-order valence-corrected chi connectivity index (χ0v) is 19.3. The Morgan fingerprint density at radius 2 is 2.00 bits per heavy atom. The minimum absolute atomic E-state index is 0.172. The van der Waals surface area contributed by atoms with Crippen LogP contribution in [0, 0.1) is 12.8 Å². The number of hydrogen-bond donors (Lipinski definition) is 1. The molecule has 3 aromatic rings. The van der Waals surface area contributed by atoms with Crippen LogP contribution in [0.25, 0.3) is 10.2 Å². The molecule has 1 saturated carbocycles. The third-order valence-corrected chi connectivity index (χ3v) is 7.23. The van der Waals surface area contributed by atoms with E-state index in [2.05, 4.69) is 17.3 Å². The molecule has 0 saturated heterocycles. The predicted molar refractivity (Wildman–Crippen MR) is 123 cm³/mol. The van der Waals surface area contributed by atoms with Gasteiger partial charge in [0.25, 0.3) is 5.91 Å². The molecule has 4 rings (SSSR count). The molecule has 164 valence electrons. The van der Waals surface area contributed by atoms with Crippen LogP contribution in [0.1, 0.15) is 53.5 Å². The summed E-state index contributed by atoms with van der Waals surface area (Å²) in [6.45, 7) is 4.40. The minimum Gasteiger partial charge on any atom is -0.451 e. The Kier molecular flexibility index (Phi) is 6.62. The molecule has 1 N–H and O–H groups in total. The molecule has 2 atom stereocenters. The summed E-state index contributed by atoms with van der Waals surface area (Å²) in [5.74, 6) is -0.258. The van der Waals surface area contributed by atoms with Gasteiger partial charge in [-0.05, 0) is 49.4 Å². The number of nitrogens with one attached hydrogen (secondary N) is 1. The maximum Gasteiger partial charge on any atom is 0.348 e. The zero-order valence-electron chi connectivity index (χ0n) is 17.7. The first-order chi connectivity index (χ1) is 14.9. The zero-order chi connectivity index (χ0) is 22.0. The lowest BCUT2D eigenvalue weighted by molar-refractivity contribution is -0.125. The molecule has 1 fully saturated rings. The number of thiophene rings is 1. The number of carbonyl (C=O) groups is 2. The molecule has 0 bridgehead atoms. The number of nitrogens with zero attached hydrogens (tertiary/aromatic N) is 2. The Balaban J connectivity index is 1.40. The third kappa shape index (κ3) is 5.10.